The molecule has 0 N–H and O–H groups in total. The molecular weight excluding hydrogens is 302 g/mol. The lowest BCUT2D eigenvalue weighted by Gasteiger charge is -2.23. The molecule has 118 valence electrons. The lowest BCUT2D eigenvalue weighted by molar-refractivity contribution is -0.0268. The molecule has 1 saturated carbocycles. The van der Waals surface area contributed by atoms with Gasteiger partial charge in [-0.1, -0.05) is 24.6 Å². The average Bonchev–Trinajstić information content (AvgIpc) is 3.29. The van der Waals surface area contributed by atoms with Gasteiger partial charge in [-0.25, -0.2) is 9.67 Å². The lowest BCUT2D eigenvalue weighted by Crippen LogP contribution is -2.25. The van der Waals surface area contributed by atoms with Crippen molar-refractivity contribution in [2.45, 2.75) is 62.0 Å². The number of hydrogen-bond acceptors (Lipinski definition) is 7. The third-order valence-corrected chi connectivity index (χ3v) is 5.41. The van der Waals surface area contributed by atoms with E-state index in [0.717, 1.165) is 12.2 Å². The second-order valence-corrected chi connectivity index (χ2v) is 7.01. The summed E-state index contributed by atoms with van der Waals surface area (Å²) in [6.45, 7) is 0.455. The van der Waals surface area contributed by atoms with Gasteiger partial charge in [0.15, 0.2) is 0 Å². The van der Waals surface area contributed by atoms with E-state index in [1.54, 1.807) is 22.8 Å². The van der Waals surface area contributed by atoms with E-state index < -0.39 is 0 Å². The van der Waals surface area contributed by atoms with Gasteiger partial charge in [0.05, 0.1) is 11.7 Å². The molecule has 1 aliphatic heterocycles. The Labute approximate surface area is 132 Å². The topological polar surface area (TPSA) is 78.9 Å². The number of thioether (sulfide) groups is 1. The summed E-state index contributed by atoms with van der Waals surface area (Å²) in [7, 11) is 0. The molecule has 1 saturated heterocycles. The number of hydrogen-bond donors (Lipinski definition) is 0. The van der Waals surface area contributed by atoms with Crippen molar-refractivity contribution in [2.75, 3.05) is 5.75 Å². The molecule has 1 atom stereocenters. The van der Waals surface area contributed by atoms with Crippen LogP contribution in [0.3, 0.4) is 0 Å². The highest BCUT2D eigenvalue weighted by atomic mass is 32.2. The molecule has 4 rings (SSSR count). The van der Waals surface area contributed by atoms with Crippen molar-refractivity contribution in [3.63, 3.8) is 0 Å². The van der Waals surface area contributed by atoms with Crippen molar-refractivity contribution in [2.24, 2.45) is 0 Å². The van der Waals surface area contributed by atoms with E-state index >= 15 is 0 Å². The molecule has 2 aliphatic rings. The van der Waals surface area contributed by atoms with Gasteiger partial charge in [0.25, 0.3) is 5.22 Å². The Morgan fingerprint density at radius 2 is 2.18 bits per heavy atom. The van der Waals surface area contributed by atoms with Gasteiger partial charge in [-0.05, 0) is 25.7 Å². The van der Waals surface area contributed by atoms with Gasteiger partial charge >= 0.3 is 0 Å². The largest absolute Gasteiger partial charge is 0.414 e. The van der Waals surface area contributed by atoms with Crippen molar-refractivity contribution in [1.82, 2.24) is 25.0 Å². The fourth-order valence-electron chi connectivity index (χ4n) is 3.38. The Balaban J connectivity index is 1.28. The quantitative estimate of drug-likeness (QED) is 0.782. The van der Waals surface area contributed by atoms with Crippen LogP contribution in [-0.2, 0) is 11.3 Å². The zero-order valence-corrected chi connectivity index (χ0v) is 13.2. The Bertz CT molecular complexity index is 609. The van der Waals surface area contributed by atoms with Crippen LogP contribution in [-0.4, -0.2) is 42.4 Å². The normalized spacial score (nSPS) is 23.5. The molecule has 2 aromatic heterocycles. The highest BCUT2D eigenvalue weighted by Gasteiger charge is 2.42. The van der Waals surface area contributed by atoms with E-state index in [-0.39, 0.29) is 5.60 Å². The predicted molar refractivity (Wildman–Crippen MR) is 79.5 cm³/mol. The van der Waals surface area contributed by atoms with Crippen LogP contribution >= 0.6 is 11.8 Å². The molecule has 0 bridgehead atoms. The Morgan fingerprint density at radius 1 is 1.27 bits per heavy atom. The molecule has 3 heterocycles. The van der Waals surface area contributed by atoms with E-state index in [0.29, 0.717) is 23.8 Å². The molecule has 0 radical (unpaired) electrons. The van der Waals surface area contributed by atoms with Crippen molar-refractivity contribution in [1.29, 1.82) is 0 Å². The first kappa shape index (κ1) is 14.2. The second-order valence-electron chi connectivity index (χ2n) is 6.03. The maximum atomic E-state index is 6.29. The van der Waals surface area contributed by atoms with Crippen LogP contribution in [0.5, 0.6) is 0 Å². The molecule has 0 aromatic carbocycles. The molecule has 2 aromatic rings. The van der Waals surface area contributed by atoms with E-state index in [4.69, 9.17) is 9.15 Å². The fourth-order valence-corrected chi connectivity index (χ4v) is 4.19. The van der Waals surface area contributed by atoms with Crippen LogP contribution in [0.25, 0.3) is 0 Å². The van der Waals surface area contributed by atoms with Gasteiger partial charge in [-0.3, -0.25) is 0 Å². The zero-order chi connectivity index (χ0) is 14.8. The third kappa shape index (κ3) is 3.03. The van der Waals surface area contributed by atoms with Crippen molar-refractivity contribution >= 4 is 11.8 Å². The second kappa shape index (κ2) is 6.00. The van der Waals surface area contributed by atoms with Crippen molar-refractivity contribution in [3.05, 3.63) is 18.5 Å². The summed E-state index contributed by atoms with van der Waals surface area (Å²) in [6, 6.07) is 0. The molecular formula is C14H19N5O2S. The van der Waals surface area contributed by atoms with Crippen LogP contribution < -0.4 is 0 Å². The number of ether oxygens (including phenoxy) is 1. The zero-order valence-electron chi connectivity index (χ0n) is 12.3. The lowest BCUT2D eigenvalue weighted by atomic mass is 9.98. The Hall–Kier alpha value is -1.41. The van der Waals surface area contributed by atoms with Gasteiger partial charge in [0.2, 0.25) is 5.89 Å². The minimum Gasteiger partial charge on any atom is -0.414 e. The molecule has 1 spiro atoms. The minimum atomic E-state index is 0.193. The van der Waals surface area contributed by atoms with Crippen molar-refractivity contribution in [3.8, 4) is 0 Å². The summed E-state index contributed by atoms with van der Waals surface area (Å²) in [5, 5.41) is 12.7. The van der Waals surface area contributed by atoms with E-state index in [9.17, 15) is 0 Å². The van der Waals surface area contributed by atoms with Crippen LogP contribution in [0.15, 0.2) is 22.3 Å². The van der Waals surface area contributed by atoms with E-state index in [2.05, 4.69) is 20.3 Å². The molecule has 8 heteroatoms. The van der Waals surface area contributed by atoms with Gasteiger partial charge in [-0.15, -0.1) is 10.2 Å². The number of aromatic nitrogens is 5. The van der Waals surface area contributed by atoms with Gasteiger partial charge < -0.3 is 9.15 Å². The smallest absolute Gasteiger partial charge is 0.276 e. The molecule has 1 aliphatic carbocycles. The Morgan fingerprint density at radius 3 is 3.00 bits per heavy atom. The van der Waals surface area contributed by atoms with Crippen LogP contribution in [0, 0.1) is 0 Å². The minimum absolute atomic E-state index is 0.193. The van der Waals surface area contributed by atoms with E-state index in [1.807, 2.05) is 0 Å². The standard InChI is InChI=1S/C14H19N5O2S/c1-2-5-14(4-1)6-3-11(21-14)8-22-13-18-17-12(20-13)7-19-10-15-9-16-19/h9-11H,1-8H2/t11-/m1/s1. The SMILES string of the molecule is c1ncn(Cc2nnc(SC[C@H]3CCC4(CCCC4)O3)o2)n1. The number of nitrogens with zero attached hydrogens (tertiary/aromatic N) is 5. The predicted octanol–water partition coefficient (Wildman–Crippen LogP) is 2.29. The van der Waals surface area contributed by atoms with Crippen LogP contribution in [0.4, 0.5) is 0 Å². The first-order valence-electron chi connectivity index (χ1n) is 7.77. The summed E-state index contributed by atoms with van der Waals surface area (Å²) in [4.78, 5) is 3.89. The molecule has 22 heavy (non-hydrogen) atoms. The first-order chi connectivity index (χ1) is 10.8. The first-order valence-corrected chi connectivity index (χ1v) is 8.75. The van der Waals surface area contributed by atoms with Gasteiger partial charge in [0, 0.05) is 5.75 Å². The summed E-state index contributed by atoms with van der Waals surface area (Å²) < 4.78 is 13.6. The highest BCUT2D eigenvalue weighted by molar-refractivity contribution is 7.99. The molecule has 0 amide bonds. The molecule has 0 unspecified atom stereocenters. The molecule has 2 fully saturated rings. The third-order valence-electron chi connectivity index (χ3n) is 4.46. The van der Waals surface area contributed by atoms with Gasteiger partial charge in [-0.2, -0.15) is 5.10 Å². The summed E-state index contributed by atoms with van der Waals surface area (Å²) in [5.74, 6) is 1.43. The average molecular weight is 321 g/mol. The molecule has 7 nitrogen and oxygen atoms in total. The Kier molecular flexibility index (Phi) is 3.87. The monoisotopic (exact) mass is 321 g/mol. The van der Waals surface area contributed by atoms with Crippen LogP contribution in [0.1, 0.15) is 44.4 Å². The van der Waals surface area contributed by atoms with Gasteiger partial charge in [0.1, 0.15) is 19.2 Å². The highest BCUT2D eigenvalue weighted by Crippen LogP contribution is 2.44. The maximum absolute atomic E-state index is 6.29. The maximum Gasteiger partial charge on any atom is 0.276 e. The fraction of sp³-hybridized carbons (Fsp3) is 0.714. The summed E-state index contributed by atoms with van der Waals surface area (Å²) in [5.41, 5.74) is 0.193. The van der Waals surface area contributed by atoms with Crippen LogP contribution in [0.2, 0.25) is 0 Å². The van der Waals surface area contributed by atoms with E-state index in [1.165, 1.54) is 38.4 Å². The van der Waals surface area contributed by atoms with Crippen molar-refractivity contribution < 1.29 is 9.15 Å². The summed E-state index contributed by atoms with van der Waals surface area (Å²) in [6.07, 6.45) is 10.9. The summed E-state index contributed by atoms with van der Waals surface area (Å²) >= 11 is 1.58. The number of rotatable bonds is 5.